The van der Waals surface area contributed by atoms with Crippen molar-refractivity contribution in [2.45, 2.75) is 18.2 Å². The second-order valence-corrected chi connectivity index (χ2v) is 4.80. The molecule has 0 spiro atoms. The van der Waals surface area contributed by atoms with Crippen LogP contribution in [0.3, 0.4) is 0 Å². The lowest BCUT2D eigenvalue weighted by atomic mass is 10.1. The van der Waals surface area contributed by atoms with Crippen molar-refractivity contribution in [3.05, 3.63) is 0 Å². The molecule has 4 atom stereocenters. The summed E-state index contributed by atoms with van der Waals surface area (Å²) in [4.78, 5) is 26.1. The third-order valence-corrected chi connectivity index (χ3v) is 3.26. The molecule has 0 aliphatic carbocycles. The molecule has 2 amide bonds. The van der Waals surface area contributed by atoms with E-state index in [4.69, 9.17) is 11.1 Å². The molecular formula is C10H14N10O2. The Morgan fingerprint density at radius 3 is 2.68 bits per heavy atom. The normalized spacial score (nSPS) is 33.8. The van der Waals surface area contributed by atoms with Crippen LogP contribution in [-0.2, 0) is 9.59 Å². The average molecular weight is 306 g/mol. The fourth-order valence-electron chi connectivity index (χ4n) is 2.19. The van der Waals surface area contributed by atoms with Crippen molar-refractivity contribution >= 4 is 36.2 Å². The zero-order chi connectivity index (χ0) is 15.7. The number of rotatable bonds is 0. The van der Waals surface area contributed by atoms with E-state index < -0.39 is 0 Å². The number of nitrogens with two attached hydrogens (primary N) is 1. The molecule has 4 unspecified atom stereocenters. The first-order chi connectivity index (χ1) is 10.5. The van der Waals surface area contributed by atoms with Crippen LogP contribution in [0.1, 0.15) is 0 Å². The van der Waals surface area contributed by atoms with Gasteiger partial charge in [-0.15, -0.1) is 0 Å². The highest BCUT2D eigenvalue weighted by atomic mass is 16.2. The molecule has 1 fully saturated rings. The van der Waals surface area contributed by atoms with Crippen LogP contribution >= 0.6 is 0 Å². The van der Waals surface area contributed by atoms with E-state index in [9.17, 15) is 9.59 Å². The van der Waals surface area contributed by atoms with Crippen LogP contribution in [0.5, 0.6) is 0 Å². The fourth-order valence-corrected chi connectivity index (χ4v) is 2.19. The number of hydrogen-bond donors (Lipinski definition) is 7. The number of carbonyl (C=O) groups is 2. The van der Waals surface area contributed by atoms with Crippen molar-refractivity contribution in [3.8, 4) is 0 Å². The van der Waals surface area contributed by atoms with Gasteiger partial charge in [0.15, 0.2) is 18.1 Å². The van der Waals surface area contributed by atoms with E-state index in [1.165, 1.54) is 6.21 Å². The second-order valence-electron chi connectivity index (χ2n) is 4.80. The molecule has 22 heavy (non-hydrogen) atoms. The Bertz CT molecular complexity index is 611. The third-order valence-electron chi connectivity index (χ3n) is 3.26. The van der Waals surface area contributed by atoms with Gasteiger partial charge in [-0.25, -0.2) is 4.99 Å². The molecule has 116 valence electrons. The van der Waals surface area contributed by atoms with E-state index >= 15 is 0 Å². The predicted octanol–water partition coefficient (Wildman–Crippen LogP) is -4.07. The summed E-state index contributed by atoms with van der Waals surface area (Å²) in [5, 5.41) is 22.1. The molecule has 8 N–H and O–H groups in total. The zero-order valence-electron chi connectivity index (χ0n) is 11.2. The molecule has 12 nitrogen and oxygen atoms in total. The third kappa shape index (κ3) is 2.53. The molecular weight excluding hydrogens is 292 g/mol. The van der Waals surface area contributed by atoms with E-state index in [1.807, 2.05) is 0 Å². The lowest BCUT2D eigenvalue weighted by Gasteiger charge is -2.25. The van der Waals surface area contributed by atoms with Crippen LogP contribution in [0.25, 0.3) is 0 Å². The predicted molar refractivity (Wildman–Crippen MR) is 76.9 cm³/mol. The zero-order valence-corrected chi connectivity index (χ0v) is 11.2. The van der Waals surface area contributed by atoms with E-state index in [2.05, 4.69) is 42.0 Å². The number of nitrogens with zero attached hydrogens (tertiary/aromatic N) is 3. The number of aliphatic imine (C=N–C) groups is 1. The van der Waals surface area contributed by atoms with Crippen LogP contribution in [0, 0.1) is 11.3 Å². The van der Waals surface area contributed by atoms with Gasteiger partial charge in [0, 0.05) is 12.4 Å². The topological polar surface area (TPSA) is 181 Å². The fraction of sp³-hybridized carbons (Fsp3) is 0.400. The van der Waals surface area contributed by atoms with Crippen LogP contribution < -0.4 is 32.5 Å². The molecule has 0 aromatic rings. The Kier molecular flexibility index (Phi) is 3.33. The Balaban J connectivity index is 0.000000131. The van der Waals surface area contributed by atoms with E-state index in [1.54, 1.807) is 6.21 Å². The van der Waals surface area contributed by atoms with Gasteiger partial charge in [-0.05, 0) is 0 Å². The summed E-state index contributed by atoms with van der Waals surface area (Å²) < 4.78 is 0. The average Bonchev–Trinajstić information content (AvgIpc) is 3.07. The van der Waals surface area contributed by atoms with Gasteiger partial charge in [-0.2, -0.15) is 10.2 Å². The maximum absolute atomic E-state index is 11.1. The van der Waals surface area contributed by atoms with Crippen molar-refractivity contribution in [2.24, 2.45) is 26.8 Å². The van der Waals surface area contributed by atoms with Gasteiger partial charge in [-0.3, -0.25) is 36.5 Å². The lowest BCUT2D eigenvalue weighted by molar-refractivity contribution is -0.123. The van der Waals surface area contributed by atoms with Crippen molar-refractivity contribution in [3.63, 3.8) is 0 Å². The minimum absolute atomic E-state index is 0.0337. The van der Waals surface area contributed by atoms with E-state index in [0.29, 0.717) is 0 Å². The summed E-state index contributed by atoms with van der Waals surface area (Å²) in [7, 11) is 0. The number of nitrogens with one attached hydrogen (secondary N) is 6. The van der Waals surface area contributed by atoms with Gasteiger partial charge < -0.3 is 11.1 Å². The molecule has 0 aromatic carbocycles. The first-order valence-electron chi connectivity index (χ1n) is 6.42. The van der Waals surface area contributed by atoms with E-state index in [0.717, 1.165) is 0 Å². The van der Waals surface area contributed by atoms with Gasteiger partial charge in [-0.1, -0.05) is 0 Å². The Hall–Kier alpha value is -3.18. The standard InChI is InChI=1S/2C5H7N5O/c6-5-8-2-1-7-10-3(2)4(11)9-5;6-5-8-3-2(1-7-10-3)4(11)9-5/h2*1-3,10H,(H3,6,8,9,11). The molecule has 0 aromatic heterocycles. The molecule has 4 heterocycles. The van der Waals surface area contributed by atoms with Gasteiger partial charge in [0.05, 0.1) is 6.04 Å². The molecule has 4 aliphatic rings. The number of hydrazone groups is 2. The summed E-state index contributed by atoms with van der Waals surface area (Å²) in [6, 6.07) is -0.527. The Morgan fingerprint density at radius 1 is 1.09 bits per heavy atom. The Labute approximate surface area is 124 Å². The first kappa shape index (κ1) is 13.8. The summed E-state index contributed by atoms with van der Waals surface area (Å²) in [5.41, 5.74) is 10.6. The van der Waals surface area contributed by atoms with Crippen LogP contribution in [0.15, 0.2) is 15.2 Å². The molecule has 0 radical (unpaired) electrons. The van der Waals surface area contributed by atoms with Crippen molar-refractivity contribution in [2.75, 3.05) is 0 Å². The SMILES string of the molecule is N=C1NC(=O)C2NN=CC2N1.NC1=NC2NN=CC2C(=O)N1. The summed E-state index contributed by atoms with van der Waals surface area (Å²) in [5.74, 6) is -0.490. The minimum Gasteiger partial charge on any atom is -0.370 e. The first-order valence-corrected chi connectivity index (χ1v) is 6.42. The molecule has 0 bridgehead atoms. The molecule has 1 saturated heterocycles. The number of hydrogen-bond acceptors (Lipinski definition) is 9. The molecule has 4 rings (SSSR count). The number of guanidine groups is 2. The smallest absolute Gasteiger partial charge is 0.253 e. The lowest BCUT2D eigenvalue weighted by Crippen LogP contribution is -2.63. The van der Waals surface area contributed by atoms with Crippen LogP contribution in [0.2, 0.25) is 0 Å². The number of carbonyl (C=O) groups excluding carboxylic acids is 2. The van der Waals surface area contributed by atoms with Gasteiger partial charge in [0.25, 0.3) is 5.91 Å². The van der Waals surface area contributed by atoms with Crippen LogP contribution in [0.4, 0.5) is 0 Å². The van der Waals surface area contributed by atoms with E-state index in [-0.39, 0.29) is 47.9 Å². The van der Waals surface area contributed by atoms with Crippen LogP contribution in [-0.4, -0.2) is 54.4 Å². The maximum atomic E-state index is 11.1. The van der Waals surface area contributed by atoms with Gasteiger partial charge in [0.1, 0.15) is 12.0 Å². The van der Waals surface area contributed by atoms with Crippen molar-refractivity contribution in [1.29, 1.82) is 5.41 Å². The second kappa shape index (κ2) is 5.31. The van der Waals surface area contributed by atoms with Gasteiger partial charge in [0.2, 0.25) is 5.91 Å². The highest BCUT2D eigenvalue weighted by Crippen LogP contribution is 2.11. The molecule has 0 saturated carbocycles. The number of fused-ring (bicyclic) bond motifs is 2. The van der Waals surface area contributed by atoms with Crippen molar-refractivity contribution < 1.29 is 9.59 Å². The van der Waals surface area contributed by atoms with Gasteiger partial charge >= 0.3 is 0 Å². The highest BCUT2D eigenvalue weighted by molar-refractivity contribution is 6.06. The summed E-state index contributed by atoms with van der Waals surface area (Å²) in [6.45, 7) is 0. The van der Waals surface area contributed by atoms with Crippen molar-refractivity contribution in [1.82, 2.24) is 26.8 Å². The monoisotopic (exact) mass is 306 g/mol. The quantitative estimate of drug-likeness (QED) is 0.239. The Morgan fingerprint density at radius 2 is 1.86 bits per heavy atom. The number of amides is 2. The molecule has 4 aliphatic heterocycles. The maximum Gasteiger partial charge on any atom is 0.253 e. The highest BCUT2D eigenvalue weighted by Gasteiger charge is 2.35. The summed E-state index contributed by atoms with van der Waals surface area (Å²) in [6.07, 6.45) is 2.80. The molecule has 12 heteroatoms. The minimum atomic E-state index is -0.357. The summed E-state index contributed by atoms with van der Waals surface area (Å²) >= 11 is 0. The largest absolute Gasteiger partial charge is 0.370 e.